The number of ether oxygens (including phenoxy) is 1. The molecule has 0 spiro atoms. The summed E-state index contributed by atoms with van der Waals surface area (Å²) in [5, 5.41) is 31.2. The first-order valence-electron chi connectivity index (χ1n) is 10.6. The van der Waals surface area contributed by atoms with E-state index in [0.717, 1.165) is 11.1 Å². The van der Waals surface area contributed by atoms with E-state index in [1.54, 1.807) is 24.3 Å². The van der Waals surface area contributed by atoms with Crippen LogP contribution < -0.4 is 10.2 Å². The lowest BCUT2D eigenvalue weighted by Crippen LogP contribution is -2.10. The Morgan fingerprint density at radius 1 is 1.00 bits per heavy atom. The number of allylic oxidation sites excluding steroid dienone is 4. The van der Waals surface area contributed by atoms with E-state index in [-0.39, 0.29) is 46.0 Å². The van der Waals surface area contributed by atoms with E-state index in [1.807, 2.05) is 39.8 Å². The van der Waals surface area contributed by atoms with Gasteiger partial charge in [0.15, 0.2) is 5.76 Å². The Labute approximate surface area is 192 Å². The minimum absolute atomic E-state index is 0.0312. The Morgan fingerprint density at radius 3 is 2.09 bits per heavy atom. The fourth-order valence-electron chi connectivity index (χ4n) is 3.57. The second-order valence-electron chi connectivity index (χ2n) is 8.31. The van der Waals surface area contributed by atoms with Crippen molar-refractivity contribution in [1.29, 1.82) is 5.26 Å². The van der Waals surface area contributed by atoms with E-state index in [4.69, 9.17) is 14.4 Å². The van der Waals surface area contributed by atoms with Crippen molar-refractivity contribution < 1.29 is 19.4 Å². The molecular weight excluding hydrogens is 418 g/mol. The van der Waals surface area contributed by atoms with Crippen molar-refractivity contribution in [3.8, 4) is 34.6 Å². The van der Waals surface area contributed by atoms with Crippen LogP contribution in [0.15, 0.2) is 56.8 Å². The average molecular weight is 446 g/mol. The van der Waals surface area contributed by atoms with Crippen molar-refractivity contribution in [2.75, 3.05) is 7.11 Å². The highest BCUT2D eigenvalue weighted by molar-refractivity contribution is 5.93. The molecule has 0 atom stereocenters. The molecule has 33 heavy (non-hydrogen) atoms. The van der Waals surface area contributed by atoms with E-state index >= 15 is 0 Å². The minimum atomic E-state index is -0.535. The summed E-state index contributed by atoms with van der Waals surface area (Å²) in [5.74, 6) is -0.322. The number of hydrogen-bond acceptors (Lipinski definition) is 6. The summed E-state index contributed by atoms with van der Waals surface area (Å²) >= 11 is 0. The van der Waals surface area contributed by atoms with E-state index in [0.29, 0.717) is 23.1 Å². The molecule has 1 aromatic heterocycles. The number of methoxy groups -OCH3 is 1. The van der Waals surface area contributed by atoms with Gasteiger partial charge in [0.05, 0.1) is 18.7 Å². The molecule has 0 aliphatic heterocycles. The number of fused-ring (bicyclic) bond motifs is 1. The highest BCUT2D eigenvalue weighted by Crippen LogP contribution is 2.42. The molecule has 2 aromatic carbocycles. The third kappa shape index (κ3) is 4.63. The molecule has 2 N–H and O–H groups in total. The lowest BCUT2D eigenvalue weighted by Gasteiger charge is -2.16. The van der Waals surface area contributed by atoms with Crippen LogP contribution in [-0.2, 0) is 12.8 Å². The molecule has 170 valence electrons. The van der Waals surface area contributed by atoms with Crippen molar-refractivity contribution in [1.82, 2.24) is 0 Å². The molecule has 6 nitrogen and oxygen atoms in total. The first-order valence-corrected chi connectivity index (χ1v) is 10.6. The summed E-state index contributed by atoms with van der Waals surface area (Å²) in [7, 11) is 1.36. The predicted molar refractivity (Wildman–Crippen MR) is 129 cm³/mol. The maximum absolute atomic E-state index is 13.5. The Bertz CT molecular complexity index is 1360. The van der Waals surface area contributed by atoms with Gasteiger partial charge in [-0.3, -0.25) is 4.79 Å². The first-order chi connectivity index (χ1) is 15.7. The Hall–Kier alpha value is -3.98. The number of benzene rings is 2. The first kappa shape index (κ1) is 23.7. The number of rotatable bonds is 6. The molecule has 3 aromatic rings. The standard InChI is InChI=1S/C27H27NO5/c1-15(2)6-12-19-22(29)20(13-7-16(3)4)26-21(23(19)30)24(31)27(32-5)25(33-26)18-10-8-17(14-28)9-11-18/h6-11,29-30H,12-13H2,1-5H3. The van der Waals surface area contributed by atoms with Gasteiger partial charge < -0.3 is 19.4 Å². The molecule has 0 bridgehead atoms. The van der Waals surface area contributed by atoms with Crippen LogP contribution in [0.5, 0.6) is 17.2 Å². The Kier molecular flexibility index (Phi) is 6.93. The molecule has 0 aliphatic rings. The van der Waals surface area contributed by atoms with Crippen LogP contribution >= 0.6 is 0 Å². The fraction of sp³-hybridized carbons (Fsp3) is 0.259. The highest BCUT2D eigenvalue weighted by atomic mass is 16.5. The summed E-state index contributed by atoms with van der Waals surface area (Å²) in [6.07, 6.45) is 4.36. The van der Waals surface area contributed by atoms with Crippen LogP contribution in [0, 0.1) is 11.3 Å². The van der Waals surface area contributed by atoms with E-state index in [1.165, 1.54) is 7.11 Å². The molecule has 3 rings (SSSR count). The van der Waals surface area contributed by atoms with Gasteiger partial charge in [-0.25, -0.2) is 0 Å². The number of phenols is 2. The highest BCUT2D eigenvalue weighted by Gasteiger charge is 2.26. The average Bonchev–Trinajstić information content (AvgIpc) is 2.78. The molecule has 0 fully saturated rings. The lowest BCUT2D eigenvalue weighted by atomic mass is 9.96. The molecule has 0 aliphatic carbocycles. The summed E-state index contributed by atoms with van der Waals surface area (Å²) in [5.41, 5.74) is 3.29. The zero-order valence-corrected chi connectivity index (χ0v) is 19.4. The zero-order valence-electron chi connectivity index (χ0n) is 19.4. The predicted octanol–water partition coefficient (Wildman–Crippen LogP) is 5.77. The molecule has 0 radical (unpaired) electrons. The third-order valence-corrected chi connectivity index (χ3v) is 5.35. The largest absolute Gasteiger partial charge is 0.507 e. The van der Waals surface area contributed by atoms with Crippen molar-refractivity contribution in [3.63, 3.8) is 0 Å². The van der Waals surface area contributed by atoms with Gasteiger partial charge in [0.2, 0.25) is 11.2 Å². The van der Waals surface area contributed by atoms with Gasteiger partial charge >= 0.3 is 0 Å². The maximum Gasteiger partial charge on any atom is 0.239 e. The monoisotopic (exact) mass is 445 g/mol. The van der Waals surface area contributed by atoms with Crippen LogP contribution in [-0.4, -0.2) is 17.3 Å². The zero-order chi connectivity index (χ0) is 24.3. The summed E-state index contributed by atoms with van der Waals surface area (Å²) < 4.78 is 11.5. The van der Waals surface area contributed by atoms with Gasteiger partial charge in [0, 0.05) is 16.7 Å². The van der Waals surface area contributed by atoms with E-state index < -0.39 is 5.43 Å². The van der Waals surface area contributed by atoms with Crippen LogP contribution in [0.2, 0.25) is 0 Å². The lowest BCUT2D eigenvalue weighted by molar-refractivity contribution is 0.396. The van der Waals surface area contributed by atoms with Crippen LogP contribution in [0.25, 0.3) is 22.3 Å². The number of nitriles is 1. The molecule has 6 heteroatoms. The van der Waals surface area contributed by atoms with Gasteiger partial charge in [-0.05, 0) is 64.8 Å². The second kappa shape index (κ2) is 9.66. The molecule has 0 saturated carbocycles. The number of aromatic hydroxyl groups is 2. The van der Waals surface area contributed by atoms with Crippen LogP contribution in [0.3, 0.4) is 0 Å². The van der Waals surface area contributed by atoms with Gasteiger partial charge in [-0.15, -0.1) is 0 Å². The van der Waals surface area contributed by atoms with Gasteiger partial charge in [-0.1, -0.05) is 23.3 Å². The summed E-state index contributed by atoms with van der Waals surface area (Å²) in [4.78, 5) is 13.5. The van der Waals surface area contributed by atoms with Gasteiger partial charge in [0.25, 0.3) is 0 Å². The van der Waals surface area contributed by atoms with E-state index in [2.05, 4.69) is 6.07 Å². The molecule has 1 heterocycles. The SMILES string of the molecule is COc1c(-c2ccc(C#N)cc2)oc2c(CC=C(C)C)c(O)c(CC=C(C)C)c(O)c2c1=O. The third-order valence-electron chi connectivity index (χ3n) is 5.35. The smallest absolute Gasteiger partial charge is 0.239 e. The molecular formula is C27H27NO5. The fourth-order valence-corrected chi connectivity index (χ4v) is 3.57. The number of phenolic OH excluding ortho intramolecular Hbond substituents is 2. The Balaban J connectivity index is 2.44. The minimum Gasteiger partial charge on any atom is -0.507 e. The van der Waals surface area contributed by atoms with Gasteiger partial charge in [-0.2, -0.15) is 5.26 Å². The maximum atomic E-state index is 13.5. The normalized spacial score (nSPS) is 10.5. The van der Waals surface area contributed by atoms with E-state index in [9.17, 15) is 15.0 Å². The topological polar surface area (TPSA) is 104 Å². The molecule has 0 amide bonds. The van der Waals surface area contributed by atoms with Crippen molar-refractivity contribution in [2.45, 2.75) is 40.5 Å². The second-order valence-corrected chi connectivity index (χ2v) is 8.31. The van der Waals surface area contributed by atoms with Crippen LogP contribution in [0.1, 0.15) is 44.4 Å². The quantitative estimate of drug-likeness (QED) is 0.467. The molecule has 0 unspecified atom stereocenters. The molecule has 0 saturated heterocycles. The number of nitrogens with zero attached hydrogens (tertiary/aromatic N) is 1. The summed E-state index contributed by atoms with van der Waals surface area (Å²) in [6.45, 7) is 7.71. The Morgan fingerprint density at radius 2 is 1.58 bits per heavy atom. The number of hydrogen-bond donors (Lipinski definition) is 2. The van der Waals surface area contributed by atoms with Crippen LogP contribution in [0.4, 0.5) is 0 Å². The van der Waals surface area contributed by atoms with Crippen molar-refractivity contribution in [2.24, 2.45) is 0 Å². The van der Waals surface area contributed by atoms with Crippen molar-refractivity contribution >= 4 is 11.0 Å². The van der Waals surface area contributed by atoms with Crippen molar-refractivity contribution in [3.05, 3.63) is 74.5 Å². The van der Waals surface area contributed by atoms with Gasteiger partial charge in [0.1, 0.15) is 22.5 Å². The summed E-state index contributed by atoms with van der Waals surface area (Å²) in [6, 6.07) is 8.59.